The molecule has 1 N–H and O–H groups in total. The summed E-state index contributed by atoms with van der Waals surface area (Å²) in [6.45, 7) is 10.2. The third-order valence-electron chi connectivity index (χ3n) is 10.8. The van der Waals surface area contributed by atoms with Gasteiger partial charge in [0.05, 0.1) is 46.8 Å². The first-order valence-electron chi connectivity index (χ1n) is 20.0. The van der Waals surface area contributed by atoms with Crippen LogP contribution < -0.4 is 0 Å². The number of aromatic nitrogens is 8. The molecule has 0 saturated carbocycles. The van der Waals surface area contributed by atoms with E-state index in [0.29, 0.717) is 21.4 Å². The summed E-state index contributed by atoms with van der Waals surface area (Å²) in [5.74, 6) is -4.60. The van der Waals surface area contributed by atoms with Gasteiger partial charge >= 0.3 is 6.16 Å². The molecule has 0 bridgehead atoms. The zero-order valence-corrected chi connectivity index (χ0v) is 38.0. The Hall–Kier alpha value is -7.00. The van der Waals surface area contributed by atoms with Crippen LogP contribution in [0.2, 0.25) is 0 Å². The van der Waals surface area contributed by atoms with E-state index in [1.165, 1.54) is 69.5 Å². The lowest BCUT2D eigenvalue weighted by atomic mass is 9.81. The standard InChI is InChI=1S/C24H20ClF2N5O3S.C22H19F2N5OS/c1-15(22-31-21(10-36-22)16-3-6-18(28-2)7-4-16)24(35-23(33)34-12-25,11-32-14-29-13-30-32)19-8-5-17(26)9-20(19)27;1-14(21-28-20(10-31-21)15-3-6-17(25-2)7-4-15)22(30,11-29-13-26-12-27-29)18-8-5-16(23)9-19(18)24/h3-10,13-15H,2,11-12H2,1H3;3-10,12-14,30H,2,11H2,1H3/t15-,24?;14-,22?/m00/s1. The highest BCUT2D eigenvalue weighted by Gasteiger charge is 2.48. The summed E-state index contributed by atoms with van der Waals surface area (Å²) >= 11 is 8.22. The first-order valence-corrected chi connectivity index (χ1v) is 22.3. The Morgan fingerprint density at radius 3 is 1.66 bits per heavy atom. The van der Waals surface area contributed by atoms with Crippen molar-refractivity contribution < 1.29 is 36.9 Å². The van der Waals surface area contributed by atoms with Crippen molar-refractivity contribution in [1.29, 1.82) is 0 Å². The molecule has 8 aromatic rings. The van der Waals surface area contributed by atoms with E-state index >= 15 is 4.39 Å². The quantitative estimate of drug-likeness (QED) is 0.0426. The Morgan fingerprint density at radius 2 is 1.21 bits per heavy atom. The van der Waals surface area contributed by atoms with Gasteiger partial charge in [-0.1, -0.05) is 55.8 Å². The van der Waals surface area contributed by atoms with E-state index in [0.717, 1.165) is 46.8 Å². The van der Waals surface area contributed by atoms with Crippen LogP contribution >= 0.6 is 34.3 Å². The highest BCUT2D eigenvalue weighted by molar-refractivity contribution is 7.10. The molecule has 8 rings (SSSR count). The van der Waals surface area contributed by atoms with E-state index in [2.05, 4.69) is 48.6 Å². The number of carbonyl (C=O) groups is 1. The number of thiazole rings is 2. The number of nitrogens with zero attached hydrogens (tertiary/aromatic N) is 10. The van der Waals surface area contributed by atoms with Crippen LogP contribution in [0, 0.1) is 23.3 Å². The van der Waals surface area contributed by atoms with Gasteiger partial charge in [0.25, 0.3) is 0 Å². The average molecular weight is 971 g/mol. The van der Waals surface area contributed by atoms with E-state index in [-0.39, 0.29) is 24.2 Å². The van der Waals surface area contributed by atoms with Gasteiger partial charge in [0.2, 0.25) is 0 Å². The fraction of sp³-hybridized carbons (Fsp3) is 0.196. The molecule has 344 valence electrons. The van der Waals surface area contributed by atoms with Crippen molar-refractivity contribution in [3.05, 3.63) is 165 Å². The first kappa shape index (κ1) is 47.9. The molecule has 0 aliphatic carbocycles. The van der Waals surface area contributed by atoms with E-state index in [9.17, 15) is 23.1 Å². The summed E-state index contributed by atoms with van der Waals surface area (Å²) in [6.07, 6.45) is 4.31. The molecule has 2 unspecified atom stereocenters. The Bertz CT molecular complexity index is 2940. The topological polar surface area (TPSA) is 168 Å². The zero-order valence-electron chi connectivity index (χ0n) is 35.6. The second-order valence-electron chi connectivity index (χ2n) is 14.8. The Labute approximate surface area is 394 Å². The monoisotopic (exact) mass is 970 g/mol. The lowest BCUT2D eigenvalue weighted by Gasteiger charge is -2.37. The van der Waals surface area contributed by atoms with Crippen LogP contribution in [-0.4, -0.2) is 70.3 Å². The molecule has 0 radical (unpaired) electrons. The second kappa shape index (κ2) is 21.1. The number of aliphatic imine (C=N–C) groups is 2. The minimum Gasteiger partial charge on any atom is -0.420 e. The lowest BCUT2D eigenvalue weighted by molar-refractivity contribution is -0.0620. The minimum absolute atomic E-state index is 0.0324. The van der Waals surface area contributed by atoms with E-state index in [1.807, 2.05) is 47.2 Å². The van der Waals surface area contributed by atoms with Crippen LogP contribution in [0.4, 0.5) is 33.7 Å². The Morgan fingerprint density at radius 1 is 0.731 bits per heavy atom. The van der Waals surface area contributed by atoms with Crippen molar-refractivity contribution in [3.8, 4) is 22.5 Å². The number of carbonyl (C=O) groups excluding carboxylic acids is 1. The highest BCUT2D eigenvalue weighted by atomic mass is 35.5. The van der Waals surface area contributed by atoms with E-state index < -0.39 is 58.5 Å². The van der Waals surface area contributed by atoms with E-state index in [4.69, 9.17) is 26.1 Å². The van der Waals surface area contributed by atoms with Crippen molar-refractivity contribution in [3.63, 3.8) is 0 Å². The van der Waals surface area contributed by atoms with Crippen molar-refractivity contribution >= 4 is 65.2 Å². The molecule has 0 spiro atoms. The normalized spacial score (nSPS) is 13.9. The molecule has 67 heavy (non-hydrogen) atoms. The van der Waals surface area contributed by atoms with Gasteiger partial charge in [-0.3, -0.25) is 9.98 Å². The van der Waals surface area contributed by atoms with Crippen molar-refractivity contribution in [2.75, 3.05) is 6.07 Å². The summed E-state index contributed by atoms with van der Waals surface area (Å²) in [7, 11) is 0. The maximum absolute atomic E-state index is 15.3. The number of rotatable bonds is 16. The maximum atomic E-state index is 15.3. The van der Waals surface area contributed by atoms with Crippen molar-refractivity contribution in [2.45, 2.75) is 50.0 Å². The predicted octanol–water partition coefficient (Wildman–Crippen LogP) is 10.8. The molecular formula is C46H39ClF4N10O4S2. The van der Waals surface area contributed by atoms with Gasteiger partial charge in [-0.05, 0) is 55.9 Å². The predicted molar refractivity (Wildman–Crippen MR) is 247 cm³/mol. The molecule has 0 aliphatic rings. The lowest BCUT2D eigenvalue weighted by Crippen LogP contribution is -2.43. The molecule has 14 nitrogen and oxygen atoms in total. The van der Waals surface area contributed by atoms with Gasteiger partial charge in [-0.15, -0.1) is 22.7 Å². The van der Waals surface area contributed by atoms with Crippen LogP contribution in [0.15, 0.2) is 131 Å². The summed E-state index contributed by atoms with van der Waals surface area (Å²) < 4.78 is 70.7. The van der Waals surface area contributed by atoms with Gasteiger partial charge < -0.3 is 14.6 Å². The van der Waals surface area contributed by atoms with Crippen molar-refractivity contribution in [2.24, 2.45) is 9.98 Å². The molecule has 21 heteroatoms. The summed E-state index contributed by atoms with van der Waals surface area (Å²) in [6, 6.07) is 20.4. The number of benzene rings is 4. The molecule has 0 aliphatic heterocycles. The molecule has 4 heterocycles. The Kier molecular flexibility index (Phi) is 15.1. The van der Waals surface area contributed by atoms with Gasteiger partial charge in [-0.2, -0.15) is 10.2 Å². The summed E-state index contributed by atoms with van der Waals surface area (Å²) in [5, 5.41) is 24.7. The average Bonchev–Trinajstić information content (AvgIpc) is 4.19. The molecule has 0 amide bonds. The van der Waals surface area contributed by atoms with Gasteiger partial charge in [0.15, 0.2) is 11.7 Å². The summed E-state index contributed by atoms with van der Waals surface area (Å²) in [4.78, 5) is 37.5. The fourth-order valence-corrected chi connectivity index (χ4v) is 9.24. The maximum Gasteiger partial charge on any atom is 0.510 e. The number of ether oxygens (including phenoxy) is 2. The molecular weight excluding hydrogens is 932 g/mol. The fourth-order valence-electron chi connectivity index (χ4n) is 7.22. The highest BCUT2D eigenvalue weighted by Crippen LogP contribution is 2.45. The zero-order chi connectivity index (χ0) is 47.7. The van der Waals surface area contributed by atoms with Crippen molar-refractivity contribution in [1.82, 2.24) is 39.5 Å². The van der Waals surface area contributed by atoms with Crippen LogP contribution in [-0.2, 0) is 33.8 Å². The largest absolute Gasteiger partial charge is 0.510 e. The number of halogens is 5. The van der Waals surface area contributed by atoms with Crippen LogP contribution in [0.3, 0.4) is 0 Å². The third kappa shape index (κ3) is 10.8. The number of aliphatic hydroxyl groups is 1. The minimum atomic E-state index is -1.75. The molecule has 4 atom stereocenters. The Balaban J connectivity index is 0.000000201. The molecule has 0 saturated heterocycles. The third-order valence-corrected chi connectivity index (χ3v) is 13.0. The van der Waals surface area contributed by atoms with E-state index in [1.54, 1.807) is 26.0 Å². The number of hydrogen-bond acceptors (Lipinski definition) is 14. The SMILES string of the molecule is C=Nc1ccc(-c2csc([C@H](C)C(Cn3cncn3)(OC(=O)OCCl)c3ccc(F)cc3F)n2)cc1.C=Nc1ccc(-c2csc([C@H](C)C(O)(Cn3cncn3)c3ccc(F)cc3F)n2)cc1. The molecule has 4 aromatic carbocycles. The molecule has 0 fully saturated rings. The van der Waals surface area contributed by atoms with Gasteiger partial charge in [0.1, 0.15) is 59.2 Å². The summed E-state index contributed by atoms with van der Waals surface area (Å²) in [5.41, 5.74) is 0.961. The van der Waals surface area contributed by atoms with Gasteiger partial charge in [0, 0.05) is 51.1 Å². The number of hydrogen-bond donors (Lipinski definition) is 1. The second-order valence-corrected chi connectivity index (χ2v) is 16.8. The number of alkyl halides is 1. The first-order chi connectivity index (χ1) is 32.3. The van der Waals surface area contributed by atoms with Crippen LogP contribution in [0.25, 0.3) is 22.5 Å². The van der Waals surface area contributed by atoms with Crippen LogP contribution in [0.5, 0.6) is 0 Å². The smallest absolute Gasteiger partial charge is 0.420 e. The van der Waals surface area contributed by atoms with Gasteiger partial charge in [-0.25, -0.2) is 51.7 Å². The van der Waals surface area contributed by atoms with Crippen LogP contribution in [0.1, 0.15) is 46.8 Å². The molecule has 4 aromatic heterocycles.